The smallest absolute Gasteiger partial charge is 0.314 e. The van der Waals surface area contributed by atoms with Gasteiger partial charge in [-0.15, -0.1) is 0 Å². The predicted octanol–water partition coefficient (Wildman–Crippen LogP) is 2.23. The zero-order valence-electron chi connectivity index (χ0n) is 9.66. The van der Waals surface area contributed by atoms with Gasteiger partial charge >= 0.3 is 5.97 Å². The number of ether oxygens (including phenoxy) is 2. The van der Waals surface area contributed by atoms with Gasteiger partial charge in [-0.1, -0.05) is 18.6 Å². The van der Waals surface area contributed by atoms with E-state index in [2.05, 4.69) is 0 Å². The van der Waals surface area contributed by atoms with Crippen molar-refractivity contribution in [2.45, 2.75) is 31.6 Å². The van der Waals surface area contributed by atoms with Gasteiger partial charge in [-0.3, -0.25) is 4.79 Å². The fourth-order valence-corrected chi connectivity index (χ4v) is 2.64. The minimum Gasteiger partial charge on any atom is -0.481 e. The molecule has 1 fully saturated rings. The second kappa shape index (κ2) is 3.39. The molecule has 2 aliphatic rings. The number of aryl methyl sites for hydroxylation is 1. The van der Waals surface area contributed by atoms with Gasteiger partial charge in [0.25, 0.3) is 0 Å². The molecule has 1 aliphatic carbocycles. The van der Waals surface area contributed by atoms with E-state index in [-0.39, 0.29) is 6.79 Å². The van der Waals surface area contributed by atoms with Gasteiger partial charge in [0.2, 0.25) is 6.79 Å². The summed E-state index contributed by atoms with van der Waals surface area (Å²) in [6, 6.07) is 3.78. The Morgan fingerprint density at radius 1 is 1.29 bits per heavy atom. The van der Waals surface area contributed by atoms with E-state index in [4.69, 9.17) is 9.47 Å². The fraction of sp³-hybridized carbons (Fsp3) is 0.462. The number of hydrogen-bond donors (Lipinski definition) is 1. The summed E-state index contributed by atoms with van der Waals surface area (Å²) < 4.78 is 10.9. The number of rotatable bonds is 2. The van der Waals surface area contributed by atoms with E-state index in [1.165, 1.54) is 0 Å². The second-order valence-corrected chi connectivity index (χ2v) is 4.74. The minimum absolute atomic E-state index is 0.183. The van der Waals surface area contributed by atoms with Crippen molar-refractivity contribution >= 4 is 5.97 Å². The van der Waals surface area contributed by atoms with E-state index < -0.39 is 11.4 Å². The predicted molar refractivity (Wildman–Crippen MR) is 60.5 cm³/mol. The summed E-state index contributed by atoms with van der Waals surface area (Å²) in [6.45, 7) is 2.12. The molecule has 1 saturated carbocycles. The summed E-state index contributed by atoms with van der Waals surface area (Å²) in [7, 11) is 0. The van der Waals surface area contributed by atoms with E-state index in [9.17, 15) is 9.90 Å². The number of aliphatic carboxylic acids is 1. The first kappa shape index (κ1) is 10.4. The molecule has 0 saturated heterocycles. The number of carboxylic acids is 1. The van der Waals surface area contributed by atoms with Crippen LogP contribution in [0.1, 0.15) is 30.4 Å². The maximum atomic E-state index is 11.5. The maximum absolute atomic E-state index is 11.5. The van der Waals surface area contributed by atoms with Crippen molar-refractivity contribution in [3.63, 3.8) is 0 Å². The van der Waals surface area contributed by atoms with Gasteiger partial charge in [0.1, 0.15) is 0 Å². The molecule has 1 aliphatic heterocycles. The van der Waals surface area contributed by atoms with Crippen LogP contribution in [-0.2, 0) is 10.2 Å². The highest BCUT2D eigenvalue weighted by Crippen LogP contribution is 2.51. The second-order valence-electron chi connectivity index (χ2n) is 4.74. The van der Waals surface area contributed by atoms with Crippen molar-refractivity contribution in [2.24, 2.45) is 0 Å². The molecule has 0 aromatic heterocycles. The Labute approximate surface area is 99.2 Å². The normalized spacial score (nSPS) is 19.8. The van der Waals surface area contributed by atoms with Crippen LogP contribution < -0.4 is 9.47 Å². The van der Waals surface area contributed by atoms with E-state index >= 15 is 0 Å². The molecule has 0 atom stereocenters. The lowest BCUT2D eigenvalue weighted by molar-refractivity contribution is -0.147. The third kappa shape index (κ3) is 1.27. The standard InChI is InChI=1S/C13H14O4/c1-8-3-4-9(11-10(8)16-7-17-11)13(12(14)15)5-2-6-13/h3-4H,2,5-7H2,1H3,(H,14,15). The van der Waals surface area contributed by atoms with Crippen LogP contribution in [0.5, 0.6) is 11.5 Å². The Hall–Kier alpha value is -1.71. The average Bonchev–Trinajstić information content (AvgIpc) is 2.68. The van der Waals surface area contributed by atoms with Crippen molar-refractivity contribution in [2.75, 3.05) is 6.79 Å². The summed E-state index contributed by atoms with van der Waals surface area (Å²) >= 11 is 0. The van der Waals surface area contributed by atoms with Gasteiger partial charge in [-0.2, -0.15) is 0 Å². The van der Waals surface area contributed by atoms with Crippen molar-refractivity contribution in [1.29, 1.82) is 0 Å². The number of carboxylic acid groups (broad SMARTS) is 1. The van der Waals surface area contributed by atoms with Crippen LogP contribution in [-0.4, -0.2) is 17.9 Å². The highest BCUT2D eigenvalue weighted by molar-refractivity contribution is 5.84. The Kier molecular flexibility index (Phi) is 2.08. The molecule has 1 heterocycles. The Morgan fingerprint density at radius 3 is 2.59 bits per heavy atom. The van der Waals surface area contributed by atoms with Gasteiger partial charge in [-0.25, -0.2) is 0 Å². The summed E-state index contributed by atoms with van der Waals surface area (Å²) in [5, 5.41) is 9.44. The zero-order valence-corrected chi connectivity index (χ0v) is 9.66. The molecular formula is C13H14O4. The van der Waals surface area contributed by atoms with Gasteiger partial charge in [0.05, 0.1) is 5.41 Å². The van der Waals surface area contributed by atoms with Crippen LogP contribution in [0.4, 0.5) is 0 Å². The van der Waals surface area contributed by atoms with Crippen LogP contribution >= 0.6 is 0 Å². The van der Waals surface area contributed by atoms with Crippen LogP contribution in [0, 0.1) is 6.92 Å². The first-order chi connectivity index (χ1) is 8.15. The van der Waals surface area contributed by atoms with E-state index in [0.717, 1.165) is 17.5 Å². The molecule has 1 N–H and O–H groups in total. The van der Waals surface area contributed by atoms with E-state index in [1.54, 1.807) is 0 Å². The molecule has 1 aromatic rings. The topological polar surface area (TPSA) is 55.8 Å². The van der Waals surface area contributed by atoms with E-state index in [1.807, 2.05) is 19.1 Å². The Balaban J connectivity index is 2.16. The third-order valence-electron chi connectivity index (χ3n) is 3.85. The van der Waals surface area contributed by atoms with Gasteiger partial charge in [0.15, 0.2) is 11.5 Å². The summed E-state index contributed by atoms with van der Waals surface area (Å²) in [5.41, 5.74) is 1.00. The molecule has 1 aromatic carbocycles. The molecule has 3 rings (SSSR count). The lowest BCUT2D eigenvalue weighted by atomic mass is 9.64. The van der Waals surface area contributed by atoms with Crippen LogP contribution in [0.3, 0.4) is 0 Å². The Bertz CT molecular complexity index is 488. The van der Waals surface area contributed by atoms with Crippen molar-refractivity contribution in [3.8, 4) is 11.5 Å². The quantitative estimate of drug-likeness (QED) is 0.852. The highest BCUT2D eigenvalue weighted by atomic mass is 16.7. The molecule has 4 nitrogen and oxygen atoms in total. The fourth-order valence-electron chi connectivity index (χ4n) is 2.64. The van der Waals surface area contributed by atoms with Gasteiger partial charge in [0, 0.05) is 5.56 Å². The van der Waals surface area contributed by atoms with E-state index in [0.29, 0.717) is 24.3 Å². The van der Waals surface area contributed by atoms with Crippen LogP contribution in [0.25, 0.3) is 0 Å². The Morgan fingerprint density at radius 2 is 2.00 bits per heavy atom. The third-order valence-corrected chi connectivity index (χ3v) is 3.85. The molecule has 0 spiro atoms. The minimum atomic E-state index is -0.759. The van der Waals surface area contributed by atoms with Crippen LogP contribution in [0.2, 0.25) is 0 Å². The van der Waals surface area contributed by atoms with Crippen molar-refractivity contribution < 1.29 is 19.4 Å². The first-order valence-electron chi connectivity index (χ1n) is 5.78. The highest BCUT2D eigenvalue weighted by Gasteiger charge is 2.48. The SMILES string of the molecule is Cc1ccc(C2(C(=O)O)CCC2)c2c1OCO2. The molecular weight excluding hydrogens is 220 g/mol. The van der Waals surface area contributed by atoms with Crippen LogP contribution in [0.15, 0.2) is 12.1 Å². The lowest BCUT2D eigenvalue weighted by Crippen LogP contribution is -2.42. The molecule has 90 valence electrons. The number of carbonyl (C=O) groups is 1. The lowest BCUT2D eigenvalue weighted by Gasteiger charge is -2.38. The molecule has 0 radical (unpaired) electrons. The maximum Gasteiger partial charge on any atom is 0.314 e. The van der Waals surface area contributed by atoms with Gasteiger partial charge in [-0.05, 0) is 25.3 Å². The molecule has 0 unspecified atom stereocenters. The zero-order chi connectivity index (χ0) is 12.0. The largest absolute Gasteiger partial charge is 0.481 e. The summed E-state index contributed by atoms with van der Waals surface area (Å²) in [4.78, 5) is 11.5. The first-order valence-corrected chi connectivity index (χ1v) is 5.78. The van der Waals surface area contributed by atoms with Gasteiger partial charge < -0.3 is 14.6 Å². The number of fused-ring (bicyclic) bond motifs is 1. The summed E-state index contributed by atoms with van der Waals surface area (Å²) in [5.74, 6) is 0.576. The number of hydrogen-bond acceptors (Lipinski definition) is 3. The molecule has 0 amide bonds. The molecule has 4 heteroatoms. The number of benzene rings is 1. The average molecular weight is 234 g/mol. The monoisotopic (exact) mass is 234 g/mol. The molecule has 0 bridgehead atoms. The summed E-state index contributed by atoms with van der Waals surface area (Å²) in [6.07, 6.45) is 2.32. The van der Waals surface area contributed by atoms with Crippen molar-refractivity contribution in [1.82, 2.24) is 0 Å². The van der Waals surface area contributed by atoms with Crippen molar-refractivity contribution in [3.05, 3.63) is 23.3 Å². The molecule has 17 heavy (non-hydrogen) atoms.